The van der Waals surface area contributed by atoms with Crippen LogP contribution in [0, 0.1) is 6.92 Å². The zero-order chi connectivity index (χ0) is 13.9. The number of rotatable bonds is 3. The first kappa shape index (κ1) is 12.3. The van der Waals surface area contributed by atoms with Crippen molar-refractivity contribution in [3.8, 4) is 0 Å². The van der Waals surface area contributed by atoms with E-state index in [4.69, 9.17) is 0 Å². The number of carbonyl (C=O) groups is 1. The Morgan fingerprint density at radius 3 is 2.95 bits per heavy atom. The second-order valence-corrected chi connectivity index (χ2v) is 4.42. The fourth-order valence-corrected chi connectivity index (χ4v) is 2.01. The molecule has 6 heteroatoms. The number of carbonyl (C=O) groups excluding carboxylic acids is 1. The number of benzene rings is 1. The first-order valence-electron chi connectivity index (χ1n) is 6.24. The summed E-state index contributed by atoms with van der Waals surface area (Å²) in [6, 6.07) is 9.76. The highest BCUT2D eigenvalue weighted by Gasteiger charge is 2.11. The van der Waals surface area contributed by atoms with E-state index in [1.165, 1.54) is 0 Å². The van der Waals surface area contributed by atoms with E-state index in [1.807, 2.05) is 30.3 Å². The highest BCUT2D eigenvalue weighted by molar-refractivity contribution is 5.90. The third-order valence-corrected chi connectivity index (χ3v) is 2.96. The molecule has 100 valence electrons. The van der Waals surface area contributed by atoms with Crippen LogP contribution in [0.5, 0.6) is 0 Å². The lowest BCUT2D eigenvalue weighted by molar-refractivity contribution is 0.0941. The summed E-state index contributed by atoms with van der Waals surface area (Å²) < 4.78 is 0. The number of amides is 1. The summed E-state index contributed by atoms with van der Waals surface area (Å²) in [5.74, 6) is 0.458. The molecule has 2 N–H and O–H groups in total. The minimum Gasteiger partial charge on any atom is -0.345 e. The normalized spacial score (nSPS) is 10.7. The molecule has 0 unspecified atom stereocenters. The SMILES string of the molecule is Cc1nc(C(=O)NCc2cccc3cccnc23)n[nH]1. The van der Waals surface area contributed by atoms with Crippen molar-refractivity contribution in [3.05, 3.63) is 53.7 Å². The summed E-state index contributed by atoms with van der Waals surface area (Å²) in [4.78, 5) is 20.2. The molecule has 1 amide bonds. The van der Waals surface area contributed by atoms with Crippen LogP contribution in [0.4, 0.5) is 0 Å². The molecular formula is C14H13N5O. The number of nitrogens with zero attached hydrogens (tertiary/aromatic N) is 3. The summed E-state index contributed by atoms with van der Waals surface area (Å²) in [7, 11) is 0. The van der Waals surface area contributed by atoms with Crippen molar-refractivity contribution in [1.82, 2.24) is 25.5 Å². The second kappa shape index (κ2) is 5.08. The Kier molecular flexibility index (Phi) is 3.12. The molecule has 0 aliphatic carbocycles. The van der Waals surface area contributed by atoms with Gasteiger partial charge in [0.1, 0.15) is 5.82 Å². The van der Waals surface area contributed by atoms with Crippen molar-refractivity contribution in [2.24, 2.45) is 0 Å². The maximum atomic E-state index is 11.9. The largest absolute Gasteiger partial charge is 0.345 e. The summed E-state index contributed by atoms with van der Waals surface area (Å²) in [6.07, 6.45) is 1.74. The predicted molar refractivity (Wildman–Crippen MR) is 74.0 cm³/mol. The number of fused-ring (bicyclic) bond motifs is 1. The first-order chi connectivity index (χ1) is 9.74. The topological polar surface area (TPSA) is 83.6 Å². The predicted octanol–water partition coefficient (Wildman–Crippen LogP) is 1.59. The number of aryl methyl sites for hydroxylation is 1. The van der Waals surface area contributed by atoms with Crippen LogP contribution < -0.4 is 5.32 Å². The van der Waals surface area contributed by atoms with Gasteiger partial charge in [-0.1, -0.05) is 24.3 Å². The van der Waals surface area contributed by atoms with Crippen LogP contribution in [0.25, 0.3) is 10.9 Å². The molecule has 3 rings (SSSR count). The number of H-pyrrole nitrogens is 1. The minimum atomic E-state index is -0.303. The van der Waals surface area contributed by atoms with Gasteiger partial charge >= 0.3 is 0 Å². The van der Waals surface area contributed by atoms with E-state index in [0.29, 0.717) is 12.4 Å². The van der Waals surface area contributed by atoms with Gasteiger partial charge < -0.3 is 5.32 Å². The van der Waals surface area contributed by atoms with Crippen LogP contribution in [0.15, 0.2) is 36.5 Å². The van der Waals surface area contributed by atoms with Crippen molar-refractivity contribution in [2.45, 2.75) is 13.5 Å². The maximum Gasteiger partial charge on any atom is 0.291 e. The molecule has 20 heavy (non-hydrogen) atoms. The van der Waals surface area contributed by atoms with Crippen molar-refractivity contribution >= 4 is 16.8 Å². The molecule has 0 spiro atoms. The van der Waals surface area contributed by atoms with E-state index in [0.717, 1.165) is 16.5 Å². The van der Waals surface area contributed by atoms with Crippen LogP contribution in [-0.4, -0.2) is 26.1 Å². The van der Waals surface area contributed by atoms with E-state index in [1.54, 1.807) is 13.1 Å². The van der Waals surface area contributed by atoms with Gasteiger partial charge in [-0.2, -0.15) is 0 Å². The highest BCUT2D eigenvalue weighted by Crippen LogP contribution is 2.15. The summed E-state index contributed by atoms with van der Waals surface area (Å²) in [5, 5.41) is 10.3. The average Bonchev–Trinajstić information content (AvgIpc) is 2.91. The Hall–Kier alpha value is -2.76. The van der Waals surface area contributed by atoms with E-state index in [9.17, 15) is 4.79 Å². The summed E-state index contributed by atoms with van der Waals surface area (Å²) in [5.41, 5.74) is 1.85. The number of para-hydroxylation sites is 1. The van der Waals surface area contributed by atoms with Crippen LogP contribution in [0.1, 0.15) is 22.0 Å². The minimum absolute atomic E-state index is 0.149. The number of hydrogen-bond acceptors (Lipinski definition) is 4. The molecule has 6 nitrogen and oxygen atoms in total. The monoisotopic (exact) mass is 267 g/mol. The van der Waals surface area contributed by atoms with Gasteiger partial charge in [0.2, 0.25) is 5.82 Å². The van der Waals surface area contributed by atoms with Gasteiger partial charge in [0.25, 0.3) is 5.91 Å². The van der Waals surface area contributed by atoms with Gasteiger partial charge in [-0.25, -0.2) is 4.98 Å². The molecular weight excluding hydrogens is 254 g/mol. The number of aromatic nitrogens is 4. The van der Waals surface area contributed by atoms with E-state index in [2.05, 4.69) is 25.5 Å². The van der Waals surface area contributed by atoms with Crippen molar-refractivity contribution in [2.75, 3.05) is 0 Å². The van der Waals surface area contributed by atoms with E-state index >= 15 is 0 Å². The zero-order valence-electron chi connectivity index (χ0n) is 10.9. The van der Waals surface area contributed by atoms with Gasteiger partial charge in [0.15, 0.2) is 0 Å². The Morgan fingerprint density at radius 1 is 1.30 bits per heavy atom. The number of hydrogen-bond donors (Lipinski definition) is 2. The zero-order valence-corrected chi connectivity index (χ0v) is 10.9. The third kappa shape index (κ3) is 2.35. The van der Waals surface area contributed by atoms with Gasteiger partial charge in [-0.05, 0) is 18.6 Å². The van der Waals surface area contributed by atoms with Gasteiger partial charge in [-0.15, -0.1) is 5.10 Å². The Balaban J connectivity index is 1.79. The van der Waals surface area contributed by atoms with E-state index < -0.39 is 0 Å². The molecule has 0 saturated carbocycles. The Labute approximate surface area is 115 Å². The molecule has 0 aliphatic rings. The maximum absolute atomic E-state index is 11.9. The van der Waals surface area contributed by atoms with Crippen LogP contribution in [0.3, 0.4) is 0 Å². The van der Waals surface area contributed by atoms with Crippen molar-refractivity contribution in [3.63, 3.8) is 0 Å². The molecule has 0 fully saturated rings. The number of pyridine rings is 1. The lowest BCUT2D eigenvalue weighted by atomic mass is 10.1. The molecule has 0 aliphatic heterocycles. The molecule has 0 radical (unpaired) electrons. The highest BCUT2D eigenvalue weighted by atomic mass is 16.2. The average molecular weight is 267 g/mol. The lowest BCUT2D eigenvalue weighted by Crippen LogP contribution is -2.24. The second-order valence-electron chi connectivity index (χ2n) is 4.42. The van der Waals surface area contributed by atoms with Crippen LogP contribution >= 0.6 is 0 Å². The molecule has 2 heterocycles. The molecule has 1 aromatic carbocycles. The third-order valence-electron chi connectivity index (χ3n) is 2.96. The molecule has 0 saturated heterocycles. The standard InChI is InChI=1S/C14H13N5O/c1-9-17-13(19-18-9)14(20)16-8-11-5-2-4-10-6-3-7-15-12(10)11/h2-7H,8H2,1H3,(H,16,20)(H,17,18,19). The van der Waals surface area contributed by atoms with Gasteiger partial charge in [0.05, 0.1) is 5.52 Å². The number of nitrogens with one attached hydrogen (secondary N) is 2. The van der Waals surface area contributed by atoms with Crippen molar-refractivity contribution < 1.29 is 4.79 Å². The number of aromatic amines is 1. The molecule has 0 bridgehead atoms. The van der Waals surface area contributed by atoms with Crippen LogP contribution in [-0.2, 0) is 6.54 Å². The van der Waals surface area contributed by atoms with Gasteiger partial charge in [0, 0.05) is 18.1 Å². The summed E-state index contributed by atoms with van der Waals surface area (Å²) in [6.45, 7) is 2.14. The molecule has 3 aromatic rings. The first-order valence-corrected chi connectivity index (χ1v) is 6.24. The fourth-order valence-electron chi connectivity index (χ4n) is 2.01. The lowest BCUT2D eigenvalue weighted by Gasteiger charge is -2.06. The summed E-state index contributed by atoms with van der Waals surface area (Å²) >= 11 is 0. The Morgan fingerprint density at radius 2 is 2.15 bits per heavy atom. The fraction of sp³-hybridized carbons (Fsp3) is 0.143. The molecule has 0 atom stereocenters. The Bertz CT molecular complexity index is 760. The van der Waals surface area contributed by atoms with Crippen molar-refractivity contribution in [1.29, 1.82) is 0 Å². The quantitative estimate of drug-likeness (QED) is 0.754. The molecule has 2 aromatic heterocycles. The van der Waals surface area contributed by atoms with Crippen LogP contribution in [0.2, 0.25) is 0 Å². The van der Waals surface area contributed by atoms with Gasteiger partial charge in [-0.3, -0.25) is 14.9 Å². The smallest absolute Gasteiger partial charge is 0.291 e. The van der Waals surface area contributed by atoms with E-state index in [-0.39, 0.29) is 11.7 Å².